The number of aryl methyl sites for hydroxylation is 1. The second kappa shape index (κ2) is 8.46. The quantitative estimate of drug-likeness (QED) is 0.510. The summed E-state index contributed by atoms with van der Waals surface area (Å²) in [5.41, 5.74) is 2.55. The number of hydrogen-bond donors (Lipinski definition) is 1. The highest BCUT2D eigenvalue weighted by molar-refractivity contribution is 5.96. The number of nitrogens with one attached hydrogen (secondary N) is 1. The SMILES string of the molecule is COc1cc(-n2cc3c(c2-c2ccccc2)c(=O)n(C)c(=O)n3C)ccc1NC(=O)C(C)C. The number of methoxy groups -OCH3 is 1. The van der Waals surface area contributed by atoms with Crippen molar-refractivity contribution in [3.63, 3.8) is 0 Å². The minimum Gasteiger partial charge on any atom is -0.494 e. The van der Waals surface area contributed by atoms with E-state index < -0.39 is 5.69 Å². The van der Waals surface area contributed by atoms with Crippen LogP contribution in [0, 0.1) is 5.92 Å². The van der Waals surface area contributed by atoms with Crippen LogP contribution < -0.4 is 21.3 Å². The Morgan fingerprint density at radius 2 is 1.70 bits per heavy atom. The largest absolute Gasteiger partial charge is 0.494 e. The van der Waals surface area contributed by atoms with Crippen LogP contribution in [0.15, 0.2) is 64.3 Å². The summed E-state index contributed by atoms with van der Waals surface area (Å²) < 4.78 is 10.00. The highest BCUT2D eigenvalue weighted by Gasteiger charge is 2.21. The number of anilines is 1. The Morgan fingerprint density at radius 1 is 1.00 bits per heavy atom. The van der Waals surface area contributed by atoms with Crippen molar-refractivity contribution >= 4 is 22.5 Å². The molecule has 0 unspecified atom stereocenters. The molecule has 0 aliphatic heterocycles. The molecule has 2 aromatic carbocycles. The van der Waals surface area contributed by atoms with Gasteiger partial charge in [-0.25, -0.2) is 4.79 Å². The average molecular weight is 447 g/mol. The Bertz CT molecular complexity index is 1480. The lowest BCUT2D eigenvalue weighted by Gasteiger charge is -2.15. The first-order valence-electron chi connectivity index (χ1n) is 10.6. The zero-order valence-electron chi connectivity index (χ0n) is 19.2. The van der Waals surface area contributed by atoms with Crippen molar-refractivity contribution in [2.24, 2.45) is 20.0 Å². The van der Waals surface area contributed by atoms with E-state index in [2.05, 4.69) is 5.32 Å². The van der Waals surface area contributed by atoms with Gasteiger partial charge >= 0.3 is 5.69 Å². The smallest absolute Gasteiger partial charge is 0.330 e. The molecule has 0 aliphatic rings. The van der Waals surface area contributed by atoms with Crippen LogP contribution in [-0.2, 0) is 18.9 Å². The topological polar surface area (TPSA) is 87.3 Å². The number of ether oxygens (including phenoxy) is 1. The molecular formula is C25H26N4O4. The van der Waals surface area contributed by atoms with Gasteiger partial charge in [0.25, 0.3) is 5.56 Å². The highest BCUT2D eigenvalue weighted by Crippen LogP contribution is 2.34. The van der Waals surface area contributed by atoms with E-state index in [1.807, 2.05) is 54.8 Å². The van der Waals surface area contributed by atoms with Crippen LogP contribution in [0.25, 0.3) is 27.8 Å². The summed E-state index contributed by atoms with van der Waals surface area (Å²) in [6.07, 6.45) is 1.78. The first-order valence-corrected chi connectivity index (χ1v) is 10.6. The molecule has 0 saturated carbocycles. The number of rotatable bonds is 5. The molecule has 0 radical (unpaired) electrons. The Balaban J connectivity index is 2.01. The van der Waals surface area contributed by atoms with Crippen LogP contribution in [-0.4, -0.2) is 26.7 Å². The van der Waals surface area contributed by atoms with E-state index in [1.165, 1.54) is 18.7 Å². The van der Waals surface area contributed by atoms with E-state index in [-0.39, 0.29) is 17.4 Å². The lowest BCUT2D eigenvalue weighted by Crippen LogP contribution is -2.36. The van der Waals surface area contributed by atoms with Gasteiger partial charge in [-0.3, -0.25) is 18.7 Å². The predicted molar refractivity (Wildman–Crippen MR) is 129 cm³/mol. The van der Waals surface area contributed by atoms with Crippen molar-refractivity contribution in [1.29, 1.82) is 0 Å². The third kappa shape index (κ3) is 3.73. The van der Waals surface area contributed by atoms with Crippen LogP contribution >= 0.6 is 0 Å². The van der Waals surface area contributed by atoms with Gasteiger partial charge in [0.15, 0.2) is 0 Å². The van der Waals surface area contributed by atoms with Crippen molar-refractivity contribution in [2.45, 2.75) is 13.8 Å². The number of carbonyl (C=O) groups excluding carboxylic acids is 1. The predicted octanol–water partition coefficient (Wildman–Crippen LogP) is 3.30. The average Bonchev–Trinajstić information content (AvgIpc) is 3.23. The normalized spacial score (nSPS) is 11.2. The lowest BCUT2D eigenvalue weighted by atomic mass is 10.1. The van der Waals surface area contributed by atoms with Gasteiger partial charge in [-0.15, -0.1) is 0 Å². The summed E-state index contributed by atoms with van der Waals surface area (Å²) >= 11 is 0. The molecule has 2 heterocycles. The van der Waals surface area contributed by atoms with Crippen molar-refractivity contribution in [1.82, 2.24) is 13.7 Å². The second-order valence-corrected chi connectivity index (χ2v) is 8.21. The third-order valence-electron chi connectivity index (χ3n) is 5.73. The fraction of sp³-hybridized carbons (Fsp3) is 0.240. The van der Waals surface area contributed by atoms with Gasteiger partial charge in [0.1, 0.15) is 5.75 Å². The molecule has 33 heavy (non-hydrogen) atoms. The molecule has 0 saturated heterocycles. The molecular weight excluding hydrogens is 420 g/mol. The van der Waals surface area contributed by atoms with Gasteiger partial charge in [0.2, 0.25) is 5.91 Å². The molecule has 0 aliphatic carbocycles. The standard InChI is InChI=1S/C25H26N4O4/c1-15(2)23(30)26-18-12-11-17(13-20(18)33-5)29-14-19-21(22(29)16-9-7-6-8-10-16)24(31)28(4)25(32)27(19)3/h6-15H,1-5H3,(H,26,30). The summed E-state index contributed by atoms with van der Waals surface area (Å²) in [4.78, 5) is 37.9. The first-order chi connectivity index (χ1) is 15.7. The van der Waals surface area contributed by atoms with Crippen LogP contribution in [0.3, 0.4) is 0 Å². The van der Waals surface area contributed by atoms with Crippen LogP contribution in [0.5, 0.6) is 5.75 Å². The van der Waals surface area contributed by atoms with E-state index in [0.29, 0.717) is 28.0 Å². The molecule has 0 fully saturated rings. The van der Waals surface area contributed by atoms with Crippen molar-refractivity contribution in [3.8, 4) is 22.7 Å². The monoisotopic (exact) mass is 446 g/mol. The van der Waals surface area contributed by atoms with Gasteiger partial charge in [-0.2, -0.15) is 0 Å². The molecule has 0 spiro atoms. The van der Waals surface area contributed by atoms with E-state index >= 15 is 0 Å². The molecule has 1 N–H and O–H groups in total. The minimum atomic E-state index is -0.395. The Kier molecular flexibility index (Phi) is 5.68. The van der Waals surface area contributed by atoms with Crippen molar-refractivity contribution in [3.05, 3.63) is 75.6 Å². The van der Waals surface area contributed by atoms with Crippen LogP contribution in [0.1, 0.15) is 13.8 Å². The second-order valence-electron chi connectivity index (χ2n) is 8.21. The van der Waals surface area contributed by atoms with Crippen LogP contribution in [0.2, 0.25) is 0 Å². The van der Waals surface area contributed by atoms with Crippen molar-refractivity contribution in [2.75, 3.05) is 12.4 Å². The maximum Gasteiger partial charge on any atom is 0.330 e. The van der Waals surface area contributed by atoms with Gasteiger partial charge in [0.05, 0.1) is 29.4 Å². The molecule has 4 rings (SSSR count). The van der Waals surface area contributed by atoms with E-state index in [9.17, 15) is 14.4 Å². The molecule has 1 amide bonds. The number of amides is 1. The van der Waals surface area contributed by atoms with Gasteiger partial charge in [-0.1, -0.05) is 44.2 Å². The fourth-order valence-electron chi connectivity index (χ4n) is 3.83. The number of benzene rings is 2. The molecule has 2 aromatic heterocycles. The minimum absolute atomic E-state index is 0.115. The van der Waals surface area contributed by atoms with Gasteiger partial charge in [0, 0.05) is 38.0 Å². The molecule has 8 heteroatoms. The maximum atomic E-state index is 13.2. The number of fused-ring (bicyclic) bond motifs is 1. The summed E-state index contributed by atoms with van der Waals surface area (Å²) in [5, 5.41) is 3.32. The summed E-state index contributed by atoms with van der Waals surface area (Å²) in [6, 6.07) is 14.9. The van der Waals surface area contributed by atoms with Crippen LogP contribution in [0.4, 0.5) is 5.69 Å². The number of carbonyl (C=O) groups is 1. The van der Waals surface area contributed by atoms with E-state index in [4.69, 9.17) is 4.74 Å². The summed E-state index contributed by atoms with van der Waals surface area (Å²) in [6.45, 7) is 3.64. The summed E-state index contributed by atoms with van der Waals surface area (Å²) in [5.74, 6) is 0.197. The Hall–Kier alpha value is -4.07. The lowest BCUT2D eigenvalue weighted by molar-refractivity contribution is -0.118. The van der Waals surface area contributed by atoms with E-state index in [1.54, 1.807) is 25.4 Å². The van der Waals surface area contributed by atoms with Gasteiger partial charge < -0.3 is 14.6 Å². The maximum absolute atomic E-state index is 13.2. The molecule has 0 atom stereocenters. The van der Waals surface area contributed by atoms with Gasteiger partial charge in [-0.05, 0) is 17.7 Å². The Morgan fingerprint density at radius 3 is 2.33 bits per heavy atom. The molecule has 0 bridgehead atoms. The molecule has 4 aromatic rings. The summed E-state index contributed by atoms with van der Waals surface area (Å²) in [7, 11) is 4.66. The fourth-order valence-corrected chi connectivity index (χ4v) is 3.83. The number of hydrogen-bond acceptors (Lipinski definition) is 4. The highest BCUT2D eigenvalue weighted by atomic mass is 16.5. The third-order valence-corrected chi connectivity index (χ3v) is 5.73. The first kappa shape index (κ1) is 22.1. The zero-order chi connectivity index (χ0) is 23.9. The van der Waals surface area contributed by atoms with E-state index in [0.717, 1.165) is 15.8 Å². The number of nitrogens with zero attached hydrogens (tertiary/aromatic N) is 3. The van der Waals surface area contributed by atoms with Crippen molar-refractivity contribution < 1.29 is 9.53 Å². The Labute approximate surface area is 190 Å². The molecule has 170 valence electrons. The number of aromatic nitrogens is 3. The zero-order valence-corrected chi connectivity index (χ0v) is 19.2. The molecule has 8 nitrogen and oxygen atoms in total.